The van der Waals surface area contributed by atoms with Crippen molar-refractivity contribution in [2.75, 3.05) is 0 Å². The third kappa shape index (κ3) is 4.57. The number of rotatable bonds is 6. The van der Waals surface area contributed by atoms with Crippen LogP contribution in [0.15, 0.2) is 119 Å². The van der Waals surface area contributed by atoms with E-state index >= 15 is 0 Å². The lowest BCUT2D eigenvalue weighted by Crippen LogP contribution is -2.21. The molecule has 0 fully saturated rings. The van der Waals surface area contributed by atoms with E-state index in [9.17, 15) is 9.59 Å². The standard InChI is InChI=1S/C33H28N4O2/c1-22-11-9-17-26(19-22)36-32(38)28(30(34-36)24-13-5-3-6-14-24)21-29-31(25-15-7-4-8-16-25)35-37(33(29)39)27-18-10-12-23(2)20-27/h3-20,34-35H,21H2,1-2H3. The van der Waals surface area contributed by atoms with Crippen LogP contribution in [-0.4, -0.2) is 19.6 Å². The third-order valence-electron chi connectivity index (χ3n) is 6.97. The second-order valence-electron chi connectivity index (χ2n) is 9.80. The van der Waals surface area contributed by atoms with Crippen molar-refractivity contribution in [2.45, 2.75) is 20.3 Å². The average molecular weight is 513 g/mol. The topological polar surface area (TPSA) is 75.6 Å². The van der Waals surface area contributed by atoms with Gasteiger partial charge in [0.2, 0.25) is 0 Å². The smallest absolute Gasteiger partial charge is 0.275 e. The van der Waals surface area contributed by atoms with Crippen molar-refractivity contribution in [3.05, 3.63) is 152 Å². The summed E-state index contributed by atoms with van der Waals surface area (Å²) in [5.41, 5.74) is 7.47. The molecule has 192 valence electrons. The summed E-state index contributed by atoms with van der Waals surface area (Å²) in [5, 5.41) is 6.68. The van der Waals surface area contributed by atoms with E-state index in [-0.39, 0.29) is 17.5 Å². The Hall–Kier alpha value is -5.10. The number of H-pyrrole nitrogens is 2. The molecule has 2 heterocycles. The number of aromatic nitrogens is 4. The van der Waals surface area contributed by atoms with Crippen molar-refractivity contribution in [1.29, 1.82) is 0 Å². The predicted octanol–water partition coefficient (Wildman–Crippen LogP) is 6.19. The normalized spacial score (nSPS) is 11.1. The Morgan fingerprint density at radius 3 is 1.33 bits per heavy atom. The van der Waals surface area contributed by atoms with Gasteiger partial charge in [0.15, 0.2) is 0 Å². The van der Waals surface area contributed by atoms with Gasteiger partial charge in [-0.25, -0.2) is 9.36 Å². The number of nitrogens with one attached hydrogen (secondary N) is 2. The number of aryl methyl sites for hydroxylation is 2. The molecule has 6 rings (SSSR count). The Balaban J connectivity index is 1.57. The third-order valence-corrected chi connectivity index (χ3v) is 6.97. The molecule has 4 aromatic carbocycles. The van der Waals surface area contributed by atoms with Gasteiger partial charge in [-0.2, -0.15) is 0 Å². The van der Waals surface area contributed by atoms with Crippen LogP contribution in [0.3, 0.4) is 0 Å². The van der Waals surface area contributed by atoms with E-state index in [0.717, 1.165) is 33.6 Å². The quantitative estimate of drug-likeness (QED) is 0.279. The van der Waals surface area contributed by atoms with Gasteiger partial charge in [-0.05, 0) is 60.4 Å². The molecule has 0 saturated heterocycles. The molecule has 2 N–H and O–H groups in total. The summed E-state index contributed by atoms with van der Waals surface area (Å²) in [6.07, 6.45) is 0.163. The lowest BCUT2D eigenvalue weighted by atomic mass is 9.99. The van der Waals surface area contributed by atoms with Gasteiger partial charge in [0.05, 0.1) is 22.8 Å². The number of benzene rings is 4. The van der Waals surface area contributed by atoms with Crippen molar-refractivity contribution in [1.82, 2.24) is 19.6 Å². The molecule has 39 heavy (non-hydrogen) atoms. The summed E-state index contributed by atoms with van der Waals surface area (Å²) in [6.45, 7) is 3.99. The Morgan fingerprint density at radius 1 is 0.538 bits per heavy atom. The molecule has 0 unspecified atom stereocenters. The fourth-order valence-electron chi connectivity index (χ4n) is 5.03. The van der Waals surface area contributed by atoms with E-state index in [0.29, 0.717) is 22.5 Å². The molecule has 6 heteroatoms. The molecule has 0 spiro atoms. The molecule has 0 amide bonds. The van der Waals surface area contributed by atoms with Crippen LogP contribution in [0.4, 0.5) is 0 Å². The van der Waals surface area contributed by atoms with Gasteiger partial charge in [0, 0.05) is 17.5 Å². The van der Waals surface area contributed by atoms with Crippen LogP contribution in [0, 0.1) is 13.8 Å². The van der Waals surface area contributed by atoms with Crippen LogP contribution in [0.1, 0.15) is 22.3 Å². The molecule has 0 bridgehead atoms. The molecule has 0 atom stereocenters. The molecule has 0 saturated carbocycles. The highest BCUT2D eigenvalue weighted by Crippen LogP contribution is 2.27. The van der Waals surface area contributed by atoms with E-state index in [1.54, 1.807) is 9.36 Å². The number of nitrogens with zero attached hydrogens (tertiary/aromatic N) is 2. The first kappa shape index (κ1) is 24.2. The molecule has 6 aromatic rings. The molecular formula is C33H28N4O2. The van der Waals surface area contributed by atoms with E-state index in [1.807, 2.05) is 123 Å². The van der Waals surface area contributed by atoms with Crippen LogP contribution < -0.4 is 11.1 Å². The molecule has 0 radical (unpaired) electrons. The van der Waals surface area contributed by atoms with E-state index < -0.39 is 0 Å². The minimum Gasteiger partial charge on any atom is -0.290 e. The van der Waals surface area contributed by atoms with Crippen molar-refractivity contribution in [3.8, 4) is 33.9 Å². The minimum absolute atomic E-state index is 0.163. The van der Waals surface area contributed by atoms with E-state index in [4.69, 9.17) is 0 Å². The lowest BCUT2D eigenvalue weighted by Gasteiger charge is -2.04. The SMILES string of the molecule is Cc1cccc(-n2[nH]c(-c3ccccc3)c(Cc3c(-c4ccccc4)[nH]n(-c4cccc(C)c4)c3=O)c2=O)c1. The summed E-state index contributed by atoms with van der Waals surface area (Å²) in [7, 11) is 0. The highest BCUT2D eigenvalue weighted by molar-refractivity contribution is 5.67. The zero-order chi connectivity index (χ0) is 26.9. The molecule has 2 aromatic heterocycles. The van der Waals surface area contributed by atoms with Crippen molar-refractivity contribution >= 4 is 0 Å². The Morgan fingerprint density at radius 2 is 0.949 bits per heavy atom. The number of aromatic amines is 2. The molecule has 0 aliphatic carbocycles. The molecule has 0 aliphatic rings. The first-order valence-electron chi connectivity index (χ1n) is 12.9. The van der Waals surface area contributed by atoms with Crippen LogP contribution in [0.2, 0.25) is 0 Å². The number of hydrogen-bond acceptors (Lipinski definition) is 2. The van der Waals surface area contributed by atoms with Crippen LogP contribution in [0.25, 0.3) is 33.9 Å². The van der Waals surface area contributed by atoms with Gasteiger partial charge >= 0.3 is 0 Å². The largest absolute Gasteiger partial charge is 0.290 e. The first-order chi connectivity index (χ1) is 19.0. The number of hydrogen-bond donors (Lipinski definition) is 2. The molecular weight excluding hydrogens is 484 g/mol. The maximum absolute atomic E-state index is 14.0. The van der Waals surface area contributed by atoms with Gasteiger partial charge in [-0.3, -0.25) is 19.8 Å². The van der Waals surface area contributed by atoms with Crippen LogP contribution in [0.5, 0.6) is 0 Å². The monoisotopic (exact) mass is 512 g/mol. The highest BCUT2D eigenvalue weighted by atomic mass is 16.1. The van der Waals surface area contributed by atoms with Gasteiger partial charge in [-0.15, -0.1) is 0 Å². The average Bonchev–Trinajstić information content (AvgIpc) is 3.46. The van der Waals surface area contributed by atoms with E-state index in [2.05, 4.69) is 10.2 Å². The van der Waals surface area contributed by atoms with Gasteiger partial charge in [0.1, 0.15) is 0 Å². The van der Waals surface area contributed by atoms with Crippen LogP contribution in [-0.2, 0) is 6.42 Å². The van der Waals surface area contributed by atoms with Gasteiger partial charge < -0.3 is 0 Å². The fourth-order valence-corrected chi connectivity index (χ4v) is 5.03. The molecule has 0 aliphatic heterocycles. The Bertz CT molecular complexity index is 1750. The van der Waals surface area contributed by atoms with Crippen molar-refractivity contribution < 1.29 is 0 Å². The second-order valence-corrected chi connectivity index (χ2v) is 9.80. The van der Waals surface area contributed by atoms with E-state index in [1.165, 1.54) is 0 Å². The van der Waals surface area contributed by atoms with Crippen LogP contribution >= 0.6 is 0 Å². The maximum atomic E-state index is 14.0. The summed E-state index contributed by atoms with van der Waals surface area (Å²) in [4.78, 5) is 27.9. The zero-order valence-corrected chi connectivity index (χ0v) is 21.8. The second kappa shape index (κ2) is 9.99. The zero-order valence-electron chi connectivity index (χ0n) is 21.8. The minimum atomic E-state index is -0.179. The maximum Gasteiger partial charge on any atom is 0.275 e. The summed E-state index contributed by atoms with van der Waals surface area (Å²) in [6, 6.07) is 35.1. The predicted molar refractivity (Wildman–Crippen MR) is 156 cm³/mol. The van der Waals surface area contributed by atoms with Gasteiger partial charge in [-0.1, -0.05) is 84.9 Å². The summed E-state index contributed by atoms with van der Waals surface area (Å²) < 4.78 is 3.14. The van der Waals surface area contributed by atoms with Gasteiger partial charge in [0.25, 0.3) is 11.1 Å². The van der Waals surface area contributed by atoms with Crippen molar-refractivity contribution in [2.24, 2.45) is 0 Å². The Kier molecular flexibility index (Phi) is 6.21. The molecule has 6 nitrogen and oxygen atoms in total. The summed E-state index contributed by atoms with van der Waals surface area (Å²) in [5.74, 6) is 0. The highest BCUT2D eigenvalue weighted by Gasteiger charge is 2.23. The Labute approximate surface area is 225 Å². The van der Waals surface area contributed by atoms with Crippen molar-refractivity contribution in [3.63, 3.8) is 0 Å². The fraction of sp³-hybridized carbons (Fsp3) is 0.0909. The summed E-state index contributed by atoms with van der Waals surface area (Å²) >= 11 is 0. The first-order valence-corrected chi connectivity index (χ1v) is 12.9. The lowest BCUT2D eigenvalue weighted by molar-refractivity contribution is 0.845.